The van der Waals surface area contributed by atoms with E-state index in [4.69, 9.17) is 0 Å². The molecule has 0 unspecified atom stereocenters. The maximum atomic E-state index is 12.1. The number of benzene rings is 1. The first-order chi connectivity index (χ1) is 12.5. The van der Waals surface area contributed by atoms with Gasteiger partial charge >= 0.3 is 6.18 Å². The molecule has 0 amide bonds. The van der Waals surface area contributed by atoms with E-state index in [9.17, 15) is 13.2 Å². The Bertz CT molecular complexity index is 688. The van der Waals surface area contributed by atoms with E-state index < -0.39 is 12.8 Å². The van der Waals surface area contributed by atoms with Crippen LogP contribution in [0.4, 0.5) is 13.2 Å². The number of rotatable bonds is 7. The van der Waals surface area contributed by atoms with Crippen LogP contribution in [0.3, 0.4) is 0 Å². The van der Waals surface area contributed by atoms with Crippen LogP contribution < -0.4 is 15.4 Å². The summed E-state index contributed by atoms with van der Waals surface area (Å²) in [6, 6.07) is 13.0. The lowest BCUT2D eigenvalue weighted by Crippen LogP contribution is -2.36. The summed E-state index contributed by atoms with van der Waals surface area (Å²) in [5.74, 6) is 0.581. The smallest absolute Gasteiger partial charge is 0.422 e. The molecule has 0 saturated heterocycles. The molecular formula is C18H21F3N4O. The molecule has 1 aromatic carbocycles. The van der Waals surface area contributed by atoms with Crippen LogP contribution in [-0.2, 0) is 13.1 Å². The Labute approximate surface area is 150 Å². The second kappa shape index (κ2) is 9.65. The lowest BCUT2D eigenvalue weighted by molar-refractivity contribution is -0.154. The largest absolute Gasteiger partial charge is 0.468 e. The Balaban J connectivity index is 1.89. The average Bonchev–Trinajstić information content (AvgIpc) is 2.63. The van der Waals surface area contributed by atoms with Gasteiger partial charge in [-0.25, -0.2) is 9.98 Å². The second-order valence-corrected chi connectivity index (χ2v) is 5.44. The Morgan fingerprint density at radius 1 is 1.08 bits per heavy atom. The summed E-state index contributed by atoms with van der Waals surface area (Å²) in [6.07, 6.45) is -2.92. The summed E-state index contributed by atoms with van der Waals surface area (Å²) in [5, 5.41) is 6.36. The highest BCUT2D eigenvalue weighted by atomic mass is 19.4. The van der Waals surface area contributed by atoms with Crippen molar-refractivity contribution in [2.75, 3.05) is 13.2 Å². The number of nitrogens with one attached hydrogen (secondary N) is 2. The molecule has 140 valence electrons. The number of guanidine groups is 1. The van der Waals surface area contributed by atoms with Crippen molar-refractivity contribution in [1.82, 2.24) is 15.6 Å². The lowest BCUT2D eigenvalue weighted by atomic mass is 10.2. The number of aromatic nitrogens is 1. The van der Waals surface area contributed by atoms with E-state index in [0.29, 0.717) is 25.6 Å². The zero-order valence-corrected chi connectivity index (χ0v) is 14.4. The summed E-state index contributed by atoms with van der Waals surface area (Å²) in [7, 11) is 0. The summed E-state index contributed by atoms with van der Waals surface area (Å²) in [4.78, 5) is 8.31. The first-order valence-corrected chi connectivity index (χ1v) is 8.17. The third-order valence-corrected chi connectivity index (χ3v) is 3.25. The minimum Gasteiger partial charge on any atom is -0.468 e. The van der Waals surface area contributed by atoms with Crippen LogP contribution in [0, 0.1) is 0 Å². The molecule has 1 aromatic heterocycles. The quantitative estimate of drug-likeness (QED) is 0.583. The van der Waals surface area contributed by atoms with E-state index in [1.807, 2.05) is 37.3 Å². The highest BCUT2D eigenvalue weighted by Crippen LogP contribution is 2.17. The minimum absolute atomic E-state index is 0.0656. The van der Waals surface area contributed by atoms with Crippen molar-refractivity contribution in [2.45, 2.75) is 26.2 Å². The van der Waals surface area contributed by atoms with Gasteiger partial charge in [-0.05, 0) is 18.1 Å². The molecule has 2 rings (SSSR count). The van der Waals surface area contributed by atoms with Gasteiger partial charge in [-0.3, -0.25) is 0 Å². The van der Waals surface area contributed by atoms with Crippen molar-refractivity contribution in [3.63, 3.8) is 0 Å². The molecule has 0 atom stereocenters. The van der Waals surface area contributed by atoms with Crippen LogP contribution in [-0.4, -0.2) is 30.3 Å². The monoisotopic (exact) mass is 366 g/mol. The third kappa shape index (κ3) is 7.42. The van der Waals surface area contributed by atoms with Crippen molar-refractivity contribution in [1.29, 1.82) is 0 Å². The molecule has 0 aliphatic rings. The van der Waals surface area contributed by atoms with Gasteiger partial charge in [0.1, 0.15) is 0 Å². The van der Waals surface area contributed by atoms with E-state index in [0.717, 1.165) is 11.1 Å². The maximum absolute atomic E-state index is 12.1. The lowest BCUT2D eigenvalue weighted by Gasteiger charge is -2.11. The van der Waals surface area contributed by atoms with Gasteiger partial charge in [0.25, 0.3) is 0 Å². The van der Waals surface area contributed by atoms with Crippen LogP contribution in [0.25, 0.3) is 0 Å². The fraction of sp³-hybridized carbons (Fsp3) is 0.333. The van der Waals surface area contributed by atoms with Crippen LogP contribution >= 0.6 is 0 Å². The summed E-state index contributed by atoms with van der Waals surface area (Å²) in [6.45, 7) is 2.30. The van der Waals surface area contributed by atoms with E-state index >= 15 is 0 Å². The molecule has 5 nitrogen and oxygen atoms in total. The first-order valence-electron chi connectivity index (χ1n) is 8.17. The SMILES string of the molecule is CCNC(=NCc1ccc(OCC(F)(F)F)nc1)NCc1ccccc1. The zero-order valence-electron chi connectivity index (χ0n) is 14.4. The van der Waals surface area contributed by atoms with Gasteiger partial charge in [0.2, 0.25) is 5.88 Å². The molecule has 0 saturated carbocycles. The van der Waals surface area contributed by atoms with E-state index in [-0.39, 0.29) is 5.88 Å². The Kier molecular flexibility index (Phi) is 7.25. The summed E-state index contributed by atoms with van der Waals surface area (Å²) < 4.78 is 40.9. The molecule has 1 heterocycles. The third-order valence-electron chi connectivity index (χ3n) is 3.25. The van der Waals surface area contributed by atoms with Crippen molar-refractivity contribution in [2.24, 2.45) is 4.99 Å². The van der Waals surface area contributed by atoms with Crippen LogP contribution in [0.5, 0.6) is 5.88 Å². The molecule has 2 N–H and O–H groups in total. The predicted molar refractivity (Wildman–Crippen MR) is 93.9 cm³/mol. The van der Waals surface area contributed by atoms with E-state index in [1.54, 1.807) is 6.07 Å². The van der Waals surface area contributed by atoms with Crippen LogP contribution in [0.1, 0.15) is 18.1 Å². The van der Waals surface area contributed by atoms with Crippen molar-refractivity contribution >= 4 is 5.96 Å². The standard InChI is InChI=1S/C18H21F3N4O/c1-2-22-17(24-10-14-6-4-3-5-7-14)25-12-15-8-9-16(23-11-15)26-13-18(19,20)21/h3-9,11H,2,10,12-13H2,1H3,(H2,22,24,25). The van der Waals surface area contributed by atoms with Crippen molar-refractivity contribution in [3.05, 3.63) is 59.8 Å². The number of halogens is 3. The molecule has 26 heavy (non-hydrogen) atoms. The van der Waals surface area contributed by atoms with Gasteiger partial charge in [0, 0.05) is 25.4 Å². The Morgan fingerprint density at radius 2 is 1.85 bits per heavy atom. The van der Waals surface area contributed by atoms with Crippen molar-refractivity contribution < 1.29 is 17.9 Å². The van der Waals surface area contributed by atoms with Crippen molar-refractivity contribution in [3.8, 4) is 5.88 Å². The molecular weight excluding hydrogens is 345 g/mol. The van der Waals surface area contributed by atoms with Crippen LogP contribution in [0.15, 0.2) is 53.7 Å². The first kappa shape index (κ1) is 19.6. The minimum atomic E-state index is -4.38. The molecule has 0 aliphatic heterocycles. The molecule has 0 fully saturated rings. The number of nitrogens with zero attached hydrogens (tertiary/aromatic N) is 2. The fourth-order valence-corrected chi connectivity index (χ4v) is 2.04. The van der Waals surface area contributed by atoms with Gasteiger partial charge in [-0.1, -0.05) is 36.4 Å². The average molecular weight is 366 g/mol. The predicted octanol–water partition coefficient (Wildman–Crippen LogP) is 3.28. The van der Waals surface area contributed by atoms with Gasteiger partial charge < -0.3 is 15.4 Å². The van der Waals surface area contributed by atoms with Crippen LogP contribution in [0.2, 0.25) is 0 Å². The van der Waals surface area contributed by atoms with Gasteiger partial charge in [-0.15, -0.1) is 0 Å². The normalized spacial score (nSPS) is 11.9. The topological polar surface area (TPSA) is 58.5 Å². The highest BCUT2D eigenvalue weighted by molar-refractivity contribution is 5.79. The van der Waals surface area contributed by atoms with Gasteiger partial charge in [0.05, 0.1) is 6.54 Å². The number of ether oxygens (including phenoxy) is 1. The Hall–Kier alpha value is -2.77. The number of aliphatic imine (C=N–C) groups is 1. The second-order valence-electron chi connectivity index (χ2n) is 5.44. The van der Waals surface area contributed by atoms with Gasteiger partial charge in [-0.2, -0.15) is 13.2 Å². The molecule has 0 bridgehead atoms. The summed E-state index contributed by atoms with van der Waals surface area (Å²) in [5.41, 5.74) is 1.90. The number of alkyl halides is 3. The summed E-state index contributed by atoms with van der Waals surface area (Å²) >= 11 is 0. The molecule has 0 spiro atoms. The van der Waals surface area contributed by atoms with E-state index in [1.165, 1.54) is 12.3 Å². The number of pyridine rings is 1. The highest BCUT2D eigenvalue weighted by Gasteiger charge is 2.28. The van der Waals surface area contributed by atoms with Gasteiger partial charge in [0.15, 0.2) is 12.6 Å². The fourth-order valence-electron chi connectivity index (χ4n) is 2.04. The van der Waals surface area contributed by atoms with E-state index in [2.05, 4.69) is 25.3 Å². The zero-order chi connectivity index (χ0) is 18.8. The molecule has 2 aromatic rings. The molecule has 8 heteroatoms. The molecule has 0 aliphatic carbocycles. The molecule has 0 radical (unpaired) electrons. The maximum Gasteiger partial charge on any atom is 0.422 e. The number of hydrogen-bond acceptors (Lipinski definition) is 3. The Morgan fingerprint density at radius 3 is 2.46 bits per heavy atom. The number of hydrogen-bond donors (Lipinski definition) is 2.